The number of rotatable bonds is 5. The Labute approximate surface area is 215 Å². The van der Waals surface area contributed by atoms with Crippen LogP contribution in [0.5, 0.6) is 0 Å². The molecule has 1 saturated heterocycles. The Morgan fingerprint density at radius 1 is 1.00 bits per heavy atom. The maximum atomic E-state index is 13.4. The van der Waals surface area contributed by atoms with Crippen molar-refractivity contribution in [1.29, 1.82) is 5.26 Å². The molecule has 1 aliphatic rings. The Hall–Kier alpha value is -1.36. The monoisotopic (exact) mass is 565 g/mol. The molecular formula is C21H25Cl2N3O5S3. The molecule has 0 amide bonds. The topological polar surface area (TPSA) is 119 Å². The van der Waals surface area contributed by atoms with E-state index in [0.29, 0.717) is 59.0 Å². The molecule has 0 aliphatic carbocycles. The lowest BCUT2D eigenvalue weighted by molar-refractivity contribution is 0.154. The molecule has 0 bridgehead atoms. The van der Waals surface area contributed by atoms with Gasteiger partial charge in [0.2, 0.25) is 10.0 Å². The van der Waals surface area contributed by atoms with Crippen LogP contribution < -0.4 is 0 Å². The first-order chi connectivity index (χ1) is 15.7. The molecule has 34 heavy (non-hydrogen) atoms. The van der Waals surface area contributed by atoms with Gasteiger partial charge >= 0.3 is 0 Å². The average molecular weight is 567 g/mol. The van der Waals surface area contributed by atoms with E-state index in [1.807, 2.05) is 6.07 Å². The van der Waals surface area contributed by atoms with Crippen LogP contribution in [0.25, 0.3) is 0 Å². The van der Waals surface area contributed by atoms with E-state index in [4.69, 9.17) is 27.8 Å². The molecule has 0 unspecified atom stereocenters. The number of hydrogen-bond acceptors (Lipinski definition) is 7. The zero-order valence-corrected chi connectivity index (χ0v) is 22.7. The average Bonchev–Trinajstić information content (AvgIpc) is 2.72. The van der Waals surface area contributed by atoms with Gasteiger partial charge in [0.15, 0.2) is 0 Å². The second kappa shape index (κ2) is 12.1. The van der Waals surface area contributed by atoms with Crippen LogP contribution in [0.1, 0.15) is 19.4 Å². The molecule has 1 N–H and O–H groups in total. The molecule has 1 fully saturated rings. The molecule has 2 aromatic carbocycles. The summed E-state index contributed by atoms with van der Waals surface area (Å²) in [5.74, 6) is 0. The minimum Gasteiger partial charge on any atom is -0.298 e. The summed E-state index contributed by atoms with van der Waals surface area (Å²) in [6, 6.07) is 12.2. The highest BCUT2D eigenvalue weighted by molar-refractivity contribution is 8.00. The van der Waals surface area contributed by atoms with E-state index in [1.54, 1.807) is 30.3 Å². The van der Waals surface area contributed by atoms with Crippen LogP contribution in [0.15, 0.2) is 51.1 Å². The molecule has 186 valence electrons. The highest BCUT2D eigenvalue weighted by atomic mass is 35.5. The number of halogens is 2. The molecule has 0 radical (unpaired) electrons. The van der Waals surface area contributed by atoms with Gasteiger partial charge in [-0.25, -0.2) is 8.42 Å². The zero-order chi connectivity index (χ0) is 25.7. The first kappa shape index (κ1) is 28.9. The summed E-state index contributed by atoms with van der Waals surface area (Å²) in [5, 5.41) is 10.2. The van der Waals surface area contributed by atoms with Gasteiger partial charge in [-0.05, 0) is 50.2 Å². The van der Waals surface area contributed by atoms with Crippen molar-refractivity contribution in [3.8, 4) is 6.07 Å². The number of nitrogens with zero attached hydrogens (tertiary/aromatic N) is 3. The van der Waals surface area contributed by atoms with Crippen LogP contribution in [0.3, 0.4) is 0 Å². The van der Waals surface area contributed by atoms with Gasteiger partial charge in [-0.3, -0.25) is 9.45 Å². The van der Waals surface area contributed by atoms with E-state index in [9.17, 15) is 22.1 Å². The maximum Gasteiger partial charge on any atom is 0.261 e. The number of piperazine rings is 1. The quantitative estimate of drug-likeness (QED) is 0.534. The van der Waals surface area contributed by atoms with Gasteiger partial charge in [-0.2, -0.15) is 18.0 Å². The van der Waals surface area contributed by atoms with Crippen LogP contribution in [-0.4, -0.2) is 69.1 Å². The van der Waals surface area contributed by atoms with Gasteiger partial charge in [-0.1, -0.05) is 35.0 Å². The second-order valence-electron chi connectivity index (χ2n) is 7.75. The third-order valence-electron chi connectivity index (χ3n) is 4.76. The minimum atomic E-state index is -3.75. The van der Waals surface area contributed by atoms with Gasteiger partial charge in [0.05, 0.1) is 22.8 Å². The number of hydrogen-bond donors (Lipinski definition) is 1. The van der Waals surface area contributed by atoms with Gasteiger partial charge in [0, 0.05) is 52.1 Å². The van der Waals surface area contributed by atoms with Crippen molar-refractivity contribution >= 4 is 55.1 Å². The van der Waals surface area contributed by atoms with Crippen molar-refractivity contribution in [2.24, 2.45) is 0 Å². The summed E-state index contributed by atoms with van der Waals surface area (Å²) in [6.45, 7) is 6.41. The first-order valence-electron chi connectivity index (χ1n) is 10.1. The number of nitriles is 1. The lowest BCUT2D eigenvalue weighted by Crippen LogP contribution is -2.50. The predicted molar refractivity (Wildman–Crippen MR) is 135 cm³/mol. The molecule has 1 aliphatic heterocycles. The highest BCUT2D eigenvalue weighted by Crippen LogP contribution is 2.37. The maximum absolute atomic E-state index is 13.4. The van der Waals surface area contributed by atoms with Crippen molar-refractivity contribution in [2.75, 3.05) is 32.4 Å². The fourth-order valence-corrected chi connectivity index (χ4v) is 6.72. The Balaban J connectivity index is 0.000000739. The molecule has 0 saturated carbocycles. The SMILES string of the molecule is CC(C)N1CCN(S(=O)(=O)c2cc(C#N)ccc2Sc2cc(Cl)cc(Cl)c2)CC1.CS(=O)(=O)O. The number of benzene rings is 2. The fourth-order valence-electron chi connectivity index (χ4n) is 3.18. The van der Waals surface area contributed by atoms with E-state index >= 15 is 0 Å². The van der Waals surface area contributed by atoms with Crippen LogP contribution in [-0.2, 0) is 20.1 Å². The van der Waals surface area contributed by atoms with Crippen molar-refractivity contribution in [1.82, 2.24) is 9.21 Å². The highest BCUT2D eigenvalue weighted by Gasteiger charge is 2.31. The fraction of sp³-hybridized carbons (Fsp3) is 0.381. The van der Waals surface area contributed by atoms with Crippen molar-refractivity contribution in [2.45, 2.75) is 34.6 Å². The van der Waals surface area contributed by atoms with E-state index < -0.39 is 20.1 Å². The molecular weight excluding hydrogens is 541 g/mol. The molecule has 8 nitrogen and oxygen atoms in total. The first-order valence-corrected chi connectivity index (χ1v) is 14.9. The van der Waals surface area contributed by atoms with Crippen LogP contribution in [0, 0.1) is 11.3 Å². The molecule has 0 aromatic heterocycles. The van der Waals surface area contributed by atoms with E-state index in [1.165, 1.54) is 22.1 Å². The van der Waals surface area contributed by atoms with E-state index in [-0.39, 0.29) is 4.90 Å². The summed E-state index contributed by atoms with van der Waals surface area (Å²) in [4.78, 5) is 3.65. The lowest BCUT2D eigenvalue weighted by atomic mass is 10.2. The third kappa shape index (κ3) is 8.70. The molecule has 0 spiro atoms. The summed E-state index contributed by atoms with van der Waals surface area (Å²) < 4.78 is 54.2. The van der Waals surface area contributed by atoms with Crippen LogP contribution >= 0.6 is 35.0 Å². The molecule has 13 heteroatoms. The summed E-state index contributed by atoms with van der Waals surface area (Å²) in [7, 11) is -7.41. The molecule has 0 atom stereocenters. The van der Waals surface area contributed by atoms with Crippen molar-refractivity contribution < 1.29 is 21.4 Å². The normalized spacial score (nSPS) is 15.5. The van der Waals surface area contributed by atoms with E-state index in [2.05, 4.69) is 18.7 Å². The molecule has 3 rings (SSSR count). The summed E-state index contributed by atoms with van der Waals surface area (Å²) in [5.41, 5.74) is 0.304. The lowest BCUT2D eigenvalue weighted by Gasteiger charge is -2.36. The van der Waals surface area contributed by atoms with Crippen molar-refractivity contribution in [3.05, 3.63) is 52.0 Å². The van der Waals surface area contributed by atoms with Gasteiger partial charge < -0.3 is 0 Å². The predicted octanol–water partition coefficient (Wildman–Crippen LogP) is 4.23. The smallest absolute Gasteiger partial charge is 0.261 e. The molecule has 2 aromatic rings. The van der Waals surface area contributed by atoms with Crippen molar-refractivity contribution in [3.63, 3.8) is 0 Å². The van der Waals surface area contributed by atoms with Gasteiger partial charge in [-0.15, -0.1) is 0 Å². The Bertz CT molecular complexity index is 1240. The third-order valence-corrected chi connectivity index (χ3v) is 8.31. The van der Waals surface area contributed by atoms with E-state index in [0.717, 1.165) is 4.90 Å². The Kier molecular flexibility index (Phi) is 10.2. The van der Waals surface area contributed by atoms with Gasteiger partial charge in [0.25, 0.3) is 10.1 Å². The standard InChI is InChI=1S/C20H21Cl2N3O2S2.CH4O3S/c1-14(2)24-5-7-25(8-6-24)29(26,27)20-9-15(13-23)3-4-19(20)28-18-11-16(21)10-17(22)12-18;1-5(2,3)4/h3-4,9-12,14H,5-8H2,1-2H3;1H3,(H,2,3,4). The Morgan fingerprint density at radius 3 is 2.00 bits per heavy atom. The minimum absolute atomic E-state index is 0.135. The number of sulfonamides is 1. The van der Waals surface area contributed by atoms with Crippen LogP contribution in [0.2, 0.25) is 10.0 Å². The molecule has 1 heterocycles. The Morgan fingerprint density at radius 2 is 1.53 bits per heavy atom. The van der Waals surface area contributed by atoms with Crippen LogP contribution in [0.4, 0.5) is 0 Å². The second-order valence-corrected chi connectivity index (χ2v) is 13.1. The summed E-state index contributed by atoms with van der Waals surface area (Å²) in [6.07, 6.45) is 0.715. The summed E-state index contributed by atoms with van der Waals surface area (Å²) >= 11 is 13.4. The van der Waals surface area contributed by atoms with Gasteiger partial charge in [0.1, 0.15) is 0 Å². The largest absolute Gasteiger partial charge is 0.298 e. The zero-order valence-electron chi connectivity index (χ0n) is 18.8.